The van der Waals surface area contributed by atoms with Gasteiger partial charge in [-0.25, -0.2) is 8.78 Å². The summed E-state index contributed by atoms with van der Waals surface area (Å²) in [5, 5.41) is 17.5. The van der Waals surface area contributed by atoms with Crippen molar-refractivity contribution in [2.24, 2.45) is 0 Å². The summed E-state index contributed by atoms with van der Waals surface area (Å²) in [6.07, 6.45) is 0.896. The molecular formula is C32H37F2N3O3. The molecule has 0 bridgehead atoms. The first kappa shape index (κ1) is 29.4. The molecule has 2 amide bonds. The molecule has 1 aliphatic heterocycles. The van der Waals surface area contributed by atoms with Gasteiger partial charge >= 0.3 is 0 Å². The van der Waals surface area contributed by atoms with Crippen LogP contribution in [-0.2, 0) is 34.5 Å². The third-order valence-electron chi connectivity index (χ3n) is 7.63. The lowest BCUT2D eigenvalue weighted by Crippen LogP contribution is -2.59. The predicted molar refractivity (Wildman–Crippen MR) is 150 cm³/mol. The zero-order chi connectivity index (χ0) is 28.7. The third-order valence-corrected chi connectivity index (χ3v) is 7.63. The van der Waals surface area contributed by atoms with Crippen molar-refractivity contribution in [1.82, 2.24) is 15.5 Å². The van der Waals surface area contributed by atoms with Crippen molar-refractivity contribution in [2.45, 2.75) is 63.8 Å². The van der Waals surface area contributed by atoms with E-state index in [1.165, 1.54) is 24.6 Å². The van der Waals surface area contributed by atoms with Crippen molar-refractivity contribution in [1.29, 1.82) is 0 Å². The lowest BCUT2D eigenvalue weighted by molar-refractivity contribution is -0.145. The van der Waals surface area contributed by atoms with Crippen molar-refractivity contribution < 1.29 is 23.5 Å². The van der Waals surface area contributed by atoms with Gasteiger partial charge in [-0.15, -0.1) is 0 Å². The Labute approximate surface area is 234 Å². The Morgan fingerprint density at radius 3 is 2.35 bits per heavy atom. The van der Waals surface area contributed by atoms with E-state index in [1.54, 1.807) is 4.90 Å². The highest BCUT2D eigenvalue weighted by atomic mass is 19.1. The molecule has 0 aromatic heterocycles. The third kappa shape index (κ3) is 6.74. The maximum absolute atomic E-state index is 14.1. The maximum atomic E-state index is 14.1. The lowest BCUT2D eigenvalue weighted by Gasteiger charge is -2.39. The molecule has 6 nitrogen and oxygen atoms in total. The zero-order valence-corrected chi connectivity index (χ0v) is 23.0. The summed E-state index contributed by atoms with van der Waals surface area (Å²) >= 11 is 0. The Morgan fingerprint density at radius 2 is 1.68 bits per heavy atom. The fourth-order valence-electron chi connectivity index (χ4n) is 5.65. The Kier molecular flexibility index (Phi) is 9.66. The average molecular weight is 550 g/mol. The summed E-state index contributed by atoms with van der Waals surface area (Å²) < 4.78 is 28.0. The van der Waals surface area contributed by atoms with E-state index < -0.39 is 35.2 Å². The zero-order valence-electron chi connectivity index (χ0n) is 23.0. The molecule has 212 valence electrons. The molecule has 2 unspecified atom stereocenters. The Bertz CT molecular complexity index is 1300. The van der Waals surface area contributed by atoms with Crippen LogP contribution >= 0.6 is 0 Å². The second kappa shape index (κ2) is 13.2. The molecule has 4 rings (SSSR count). The standard InChI is InChI=1S/C32H37F2N3O3/c1-3-23-9-7-10-24(15-23)20-35-21-30(39)29(18-25-16-27(33)19-28(34)17-25)36-31(40)32(26-11-5-4-6-12-26)13-8-14-37(32)22(2)38/h4-7,9-12,15-17,19,29-30,35,39H,3,8,13-14,18,20-21H2,1-2H3,(H,36,40)/t29?,30?,32-/m1/s1. The SMILES string of the molecule is CCc1cccc(CNCC(O)C(Cc2cc(F)cc(F)c2)NC(=O)[C@]2(c3ccccc3)CCCN2C(C)=O)c1. The van der Waals surface area contributed by atoms with Crippen molar-refractivity contribution in [2.75, 3.05) is 13.1 Å². The van der Waals surface area contributed by atoms with Gasteiger partial charge in [0.05, 0.1) is 12.1 Å². The van der Waals surface area contributed by atoms with E-state index in [4.69, 9.17) is 0 Å². The highest BCUT2D eigenvalue weighted by Gasteiger charge is 2.50. The van der Waals surface area contributed by atoms with Gasteiger partial charge in [0.1, 0.15) is 17.2 Å². The second-order valence-electron chi connectivity index (χ2n) is 10.4. The molecule has 3 N–H and O–H groups in total. The van der Waals surface area contributed by atoms with Gasteiger partial charge in [-0.05, 0) is 60.1 Å². The minimum absolute atomic E-state index is 0.000469. The minimum atomic E-state index is -1.24. The Hall–Kier alpha value is -3.62. The van der Waals surface area contributed by atoms with Gasteiger partial charge in [0.2, 0.25) is 5.91 Å². The van der Waals surface area contributed by atoms with Crippen molar-refractivity contribution in [3.05, 3.63) is 107 Å². The lowest BCUT2D eigenvalue weighted by atomic mass is 9.85. The van der Waals surface area contributed by atoms with Gasteiger partial charge in [-0.3, -0.25) is 9.59 Å². The van der Waals surface area contributed by atoms with Gasteiger partial charge in [0, 0.05) is 32.6 Å². The van der Waals surface area contributed by atoms with E-state index in [0.717, 1.165) is 18.1 Å². The quantitative estimate of drug-likeness (QED) is 0.334. The molecule has 0 aliphatic carbocycles. The summed E-state index contributed by atoms with van der Waals surface area (Å²) in [5.74, 6) is -2.12. The molecule has 0 spiro atoms. The molecule has 1 fully saturated rings. The van der Waals surface area contributed by atoms with E-state index >= 15 is 0 Å². The fraction of sp³-hybridized carbons (Fsp3) is 0.375. The number of nitrogens with zero attached hydrogens (tertiary/aromatic N) is 1. The fourth-order valence-corrected chi connectivity index (χ4v) is 5.65. The van der Waals surface area contributed by atoms with Gasteiger partial charge in [0.25, 0.3) is 5.91 Å². The molecule has 3 aromatic carbocycles. The van der Waals surface area contributed by atoms with E-state index in [0.29, 0.717) is 37.1 Å². The maximum Gasteiger partial charge on any atom is 0.250 e. The summed E-state index contributed by atoms with van der Waals surface area (Å²) in [6.45, 7) is 4.59. The molecule has 8 heteroatoms. The van der Waals surface area contributed by atoms with Crippen molar-refractivity contribution in [3.63, 3.8) is 0 Å². The van der Waals surface area contributed by atoms with Crippen LogP contribution in [-0.4, -0.2) is 47.1 Å². The van der Waals surface area contributed by atoms with Gasteiger partial charge in [-0.2, -0.15) is 0 Å². The molecule has 3 atom stereocenters. The highest BCUT2D eigenvalue weighted by Crippen LogP contribution is 2.39. The topological polar surface area (TPSA) is 81.7 Å². The summed E-state index contributed by atoms with van der Waals surface area (Å²) in [6, 6.07) is 19.5. The molecular weight excluding hydrogens is 512 g/mol. The molecule has 3 aromatic rings. The first-order valence-electron chi connectivity index (χ1n) is 13.8. The number of amides is 2. The van der Waals surface area contributed by atoms with Crippen molar-refractivity contribution in [3.8, 4) is 0 Å². The smallest absolute Gasteiger partial charge is 0.250 e. The number of benzene rings is 3. The average Bonchev–Trinajstić information content (AvgIpc) is 3.39. The van der Waals surface area contributed by atoms with Crippen LogP contribution in [0.25, 0.3) is 0 Å². The van der Waals surface area contributed by atoms with E-state index in [2.05, 4.69) is 29.7 Å². The predicted octanol–water partition coefficient (Wildman–Crippen LogP) is 4.24. The van der Waals surface area contributed by atoms with E-state index in [-0.39, 0.29) is 18.9 Å². The van der Waals surface area contributed by atoms with Crippen LogP contribution in [0.4, 0.5) is 8.78 Å². The number of halogens is 2. The van der Waals surface area contributed by atoms with Crippen LogP contribution in [0, 0.1) is 11.6 Å². The normalized spacial score (nSPS) is 18.4. The largest absolute Gasteiger partial charge is 0.390 e. The van der Waals surface area contributed by atoms with Crippen LogP contribution < -0.4 is 10.6 Å². The van der Waals surface area contributed by atoms with Crippen molar-refractivity contribution >= 4 is 11.8 Å². The number of likely N-dealkylation sites (tertiary alicyclic amines) is 1. The van der Waals surface area contributed by atoms with E-state index in [1.807, 2.05) is 42.5 Å². The molecule has 0 radical (unpaired) electrons. The second-order valence-corrected chi connectivity index (χ2v) is 10.4. The molecule has 1 saturated heterocycles. The molecule has 0 saturated carbocycles. The summed E-state index contributed by atoms with van der Waals surface area (Å²) in [5.41, 5.74) is 2.01. The number of aliphatic hydroxyl groups is 1. The number of aliphatic hydroxyl groups excluding tert-OH is 1. The van der Waals surface area contributed by atoms with Gasteiger partial charge < -0.3 is 20.6 Å². The number of aryl methyl sites for hydroxylation is 1. The van der Waals surface area contributed by atoms with Crippen LogP contribution in [0.15, 0.2) is 72.8 Å². The van der Waals surface area contributed by atoms with Crippen LogP contribution in [0.1, 0.15) is 48.9 Å². The monoisotopic (exact) mass is 549 g/mol. The summed E-state index contributed by atoms with van der Waals surface area (Å²) in [4.78, 5) is 28.3. The van der Waals surface area contributed by atoms with Crippen LogP contribution in [0.3, 0.4) is 0 Å². The first-order valence-corrected chi connectivity index (χ1v) is 13.8. The Balaban J connectivity index is 1.58. The summed E-state index contributed by atoms with van der Waals surface area (Å²) in [7, 11) is 0. The number of nitrogens with one attached hydrogen (secondary N) is 2. The van der Waals surface area contributed by atoms with E-state index in [9.17, 15) is 23.5 Å². The number of rotatable bonds is 11. The van der Waals surface area contributed by atoms with Gasteiger partial charge in [-0.1, -0.05) is 61.5 Å². The molecule has 1 aliphatic rings. The minimum Gasteiger partial charge on any atom is -0.390 e. The Morgan fingerprint density at radius 1 is 0.975 bits per heavy atom. The number of hydrogen-bond donors (Lipinski definition) is 3. The molecule has 40 heavy (non-hydrogen) atoms. The molecule has 1 heterocycles. The number of carbonyl (C=O) groups is 2. The van der Waals surface area contributed by atoms with Gasteiger partial charge in [0.15, 0.2) is 0 Å². The van der Waals surface area contributed by atoms with Crippen LogP contribution in [0.5, 0.6) is 0 Å². The number of hydrogen-bond acceptors (Lipinski definition) is 4. The highest BCUT2D eigenvalue weighted by molar-refractivity contribution is 5.93. The number of carbonyl (C=O) groups excluding carboxylic acids is 2. The van der Waals surface area contributed by atoms with Crippen LogP contribution in [0.2, 0.25) is 0 Å². The first-order chi connectivity index (χ1) is 19.2.